The molecule has 0 spiro atoms. The fourth-order valence-corrected chi connectivity index (χ4v) is 2.56. The zero-order valence-electron chi connectivity index (χ0n) is 11.4. The van der Waals surface area contributed by atoms with Crippen LogP contribution in [0, 0.1) is 11.3 Å². The van der Waals surface area contributed by atoms with E-state index in [0.717, 1.165) is 16.6 Å². The van der Waals surface area contributed by atoms with Gasteiger partial charge in [-0.15, -0.1) is 0 Å². The maximum Gasteiger partial charge on any atom is 0.352 e. The van der Waals surface area contributed by atoms with E-state index in [-0.39, 0.29) is 5.69 Å². The Labute approximate surface area is 121 Å². The van der Waals surface area contributed by atoms with Crippen molar-refractivity contribution in [2.75, 3.05) is 0 Å². The van der Waals surface area contributed by atoms with Gasteiger partial charge in [0.05, 0.1) is 22.7 Å². The van der Waals surface area contributed by atoms with Crippen LogP contribution in [0.25, 0.3) is 11.0 Å². The van der Waals surface area contributed by atoms with Gasteiger partial charge in [-0.05, 0) is 23.8 Å². The highest BCUT2D eigenvalue weighted by atomic mass is 16.4. The zero-order chi connectivity index (χ0) is 15.0. The van der Waals surface area contributed by atoms with Crippen LogP contribution in [0.15, 0.2) is 42.6 Å². The molecule has 0 atom stereocenters. The van der Waals surface area contributed by atoms with Gasteiger partial charge in [0.15, 0.2) is 0 Å². The van der Waals surface area contributed by atoms with Crippen LogP contribution in [-0.2, 0) is 13.6 Å². The second-order valence-corrected chi connectivity index (χ2v) is 4.89. The first-order valence-electron chi connectivity index (χ1n) is 6.47. The molecule has 1 N–H and O–H groups in total. The quantitative estimate of drug-likeness (QED) is 0.801. The van der Waals surface area contributed by atoms with E-state index in [4.69, 9.17) is 5.26 Å². The number of nitrogens with zero attached hydrogens (tertiary/aromatic N) is 3. The predicted molar refractivity (Wildman–Crippen MR) is 78.1 cm³/mol. The number of aromatic nitrogens is 2. The molecule has 21 heavy (non-hydrogen) atoms. The molecule has 0 fully saturated rings. The molecular weight excluding hydrogens is 266 g/mol. The number of nitriles is 1. The Balaban J connectivity index is 2.17. The van der Waals surface area contributed by atoms with Gasteiger partial charge < -0.3 is 14.2 Å². The highest BCUT2D eigenvalue weighted by Gasteiger charge is 2.17. The molecule has 0 aliphatic heterocycles. The van der Waals surface area contributed by atoms with Crippen LogP contribution in [0.4, 0.5) is 0 Å². The van der Waals surface area contributed by atoms with E-state index in [0.29, 0.717) is 12.1 Å². The van der Waals surface area contributed by atoms with Gasteiger partial charge in [0.2, 0.25) is 0 Å². The predicted octanol–water partition coefficient (Wildman–Crippen LogP) is 2.60. The van der Waals surface area contributed by atoms with Crippen molar-refractivity contribution >= 4 is 17.0 Å². The molecule has 0 radical (unpaired) electrons. The minimum absolute atomic E-state index is 0.226. The maximum atomic E-state index is 11.5. The summed E-state index contributed by atoms with van der Waals surface area (Å²) < 4.78 is 3.61. The number of aryl methyl sites for hydroxylation is 1. The SMILES string of the molecule is Cn1ccc2c1cc(C(=O)O)n2Cc1ccccc1C#N. The highest BCUT2D eigenvalue weighted by Crippen LogP contribution is 2.23. The van der Waals surface area contributed by atoms with Gasteiger partial charge in [0.1, 0.15) is 5.69 Å². The second kappa shape index (κ2) is 4.84. The molecule has 0 aliphatic rings. The van der Waals surface area contributed by atoms with E-state index in [1.807, 2.05) is 36.0 Å². The van der Waals surface area contributed by atoms with E-state index >= 15 is 0 Å². The maximum absolute atomic E-state index is 11.5. The Morgan fingerprint density at radius 3 is 2.76 bits per heavy atom. The lowest BCUT2D eigenvalue weighted by molar-refractivity contribution is 0.0686. The number of aromatic carboxylic acids is 1. The number of carbonyl (C=O) groups is 1. The summed E-state index contributed by atoms with van der Waals surface area (Å²) >= 11 is 0. The molecular formula is C16H13N3O2. The number of hydrogen-bond acceptors (Lipinski definition) is 2. The molecule has 0 amide bonds. The number of rotatable bonds is 3. The summed E-state index contributed by atoms with van der Waals surface area (Å²) in [6.07, 6.45) is 1.89. The van der Waals surface area contributed by atoms with Crippen LogP contribution in [0.1, 0.15) is 21.6 Å². The third-order valence-corrected chi connectivity index (χ3v) is 3.64. The smallest absolute Gasteiger partial charge is 0.352 e. The fraction of sp³-hybridized carbons (Fsp3) is 0.125. The van der Waals surface area contributed by atoms with E-state index in [2.05, 4.69) is 6.07 Å². The first kappa shape index (κ1) is 13.0. The Morgan fingerprint density at radius 2 is 2.05 bits per heavy atom. The lowest BCUT2D eigenvalue weighted by Crippen LogP contribution is -2.10. The molecule has 0 bridgehead atoms. The number of benzene rings is 1. The van der Waals surface area contributed by atoms with Crippen LogP contribution in [0.5, 0.6) is 0 Å². The minimum Gasteiger partial charge on any atom is -0.477 e. The van der Waals surface area contributed by atoms with Gasteiger partial charge in [-0.25, -0.2) is 4.79 Å². The van der Waals surface area contributed by atoms with Gasteiger partial charge in [-0.1, -0.05) is 18.2 Å². The average Bonchev–Trinajstić information content (AvgIpc) is 3.01. The van der Waals surface area contributed by atoms with E-state index in [1.54, 1.807) is 22.8 Å². The van der Waals surface area contributed by atoms with Gasteiger partial charge in [-0.2, -0.15) is 5.26 Å². The van der Waals surface area contributed by atoms with Crippen LogP contribution in [0.2, 0.25) is 0 Å². The number of hydrogen-bond donors (Lipinski definition) is 1. The van der Waals surface area contributed by atoms with Gasteiger partial charge in [0.25, 0.3) is 0 Å². The molecule has 0 saturated heterocycles. The first-order chi connectivity index (χ1) is 10.1. The van der Waals surface area contributed by atoms with Crippen LogP contribution >= 0.6 is 0 Å². The van der Waals surface area contributed by atoms with Crippen LogP contribution < -0.4 is 0 Å². The molecule has 3 aromatic rings. The van der Waals surface area contributed by atoms with E-state index in [9.17, 15) is 9.90 Å². The third-order valence-electron chi connectivity index (χ3n) is 3.64. The minimum atomic E-state index is -0.972. The molecule has 104 valence electrons. The summed E-state index contributed by atoms with van der Waals surface area (Å²) in [7, 11) is 1.88. The molecule has 0 saturated carbocycles. The van der Waals surface area contributed by atoms with Crippen LogP contribution in [0.3, 0.4) is 0 Å². The molecule has 2 aromatic heterocycles. The second-order valence-electron chi connectivity index (χ2n) is 4.89. The average molecular weight is 279 g/mol. The summed E-state index contributed by atoms with van der Waals surface area (Å²) in [6.45, 7) is 0.360. The Hall–Kier alpha value is -3.00. The first-order valence-corrected chi connectivity index (χ1v) is 6.47. The Morgan fingerprint density at radius 1 is 1.29 bits per heavy atom. The molecule has 0 aliphatic carbocycles. The Kier molecular flexibility index (Phi) is 2.99. The molecule has 1 aromatic carbocycles. The lowest BCUT2D eigenvalue weighted by atomic mass is 10.1. The Bertz CT molecular complexity index is 881. The summed E-state index contributed by atoms with van der Waals surface area (Å²) in [5.74, 6) is -0.972. The highest BCUT2D eigenvalue weighted by molar-refractivity contribution is 5.93. The molecule has 5 nitrogen and oxygen atoms in total. The largest absolute Gasteiger partial charge is 0.477 e. The summed E-state index contributed by atoms with van der Waals surface area (Å²) in [6, 6.07) is 12.9. The van der Waals surface area contributed by atoms with Crippen molar-refractivity contribution in [3.05, 3.63) is 59.4 Å². The third kappa shape index (κ3) is 2.07. The topological polar surface area (TPSA) is 71.0 Å². The van der Waals surface area contributed by atoms with Crippen molar-refractivity contribution in [1.29, 1.82) is 5.26 Å². The molecule has 0 unspecified atom stereocenters. The normalized spacial score (nSPS) is 10.7. The fourth-order valence-electron chi connectivity index (χ4n) is 2.56. The van der Waals surface area contributed by atoms with Crippen molar-refractivity contribution in [1.82, 2.24) is 9.13 Å². The van der Waals surface area contributed by atoms with Crippen molar-refractivity contribution in [3.8, 4) is 6.07 Å². The number of fused-ring (bicyclic) bond motifs is 1. The van der Waals surface area contributed by atoms with Crippen LogP contribution in [-0.4, -0.2) is 20.2 Å². The van der Waals surface area contributed by atoms with Gasteiger partial charge >= 0.3 is 5.97 Å². The van der Waals surface area contributed by atoms with Crippen molar-refractivity contribution in [3.63, 3.8) is 0 Å². The number of carboxylic acids is 1. The lowest BCUT2D eigenvalue weighted by Gasteiger charge is -2.09. The summed E-state index contributed by atoms with van der Waals surface area (Å²) in [5.41, 5.74) is 3.31. The molecule has 5 heteroatoms. The van der Waals surface area contributed by atoms with Crippen molar-refractivity contribution in [2.24, 2.45) is 7.05 Å². The summed E-state index contributed by atoms with van der Waals surface area (Å²) in [4.78, 5) is 11.5. The van der Waals surface area contributed by atoms with Crippen molar-refractivity contribution in [2.45, 2.75) is 6.54 Å². The summed E-state index contributed by atoms with van der Waals surface area (Å²) in [5, 5.41) is 18.5. The van der Waals surface area contributed by atoms with E-state index in [1.165, 1.54) is 0 Å². The zero-order valence-corrected chi connectivity index (χ0v) is 11.4. The van der Waals surface area contributed by atoms with Crippen molar-refractivity contribution < 1.29 is 9.90 Å². The van der Waals surface area contributed by atoms with E-state index < -0.39 is 5.97 Å². The number of carboxylic acid groups (broad SMARTS) is 1. The standard InChI is InChI=1S/C16H13N3O2/c1-18-7-6-13-14(18)8-15(16(20)21)19(13)10-12-5-3-2-4-11(12)9-17/h2-8H,10H2,1H3,(H,20,21). The van der Waals surface area contributed by atoms with Gasteiger partial charge in [0, 0.05) is 19.8 Å². The van der Waals surface area contributed by atoms with Gasteiger partial charge in [-0.3, -0.25) is 0 Å². The molecule has 2 heterocycles. The monoisotopic (exact) mass is 279 g/mol. The molecule has 3 rings (SSSR count).